The van der Waals surface area contributed by atoms with Crippen molar-refractivity contribution in [3.05, 3.63) is 15.6 Å². The number of thiazole rings is 1. The minimum atomic E-state index is -0.299. The van der Waals surface area contributed by atoms with E-state index in [0.29, 0.717) is 17.2 Å². The minimum absolute atomic E-state index is 0.0390. The summed E-state index contributed by atoms with van der Waals surface area (Å²) in [6, 6.07) is -0.0390. The van der Waals surface area contributed by atoms with Gasteiger partial charge in [0.1, 0.15) is 9.88 Å². The zero-order valence-electron chi connectivity index (χ0n) is 18.6. The maximum atomic E-state index is 12.0. The lowest BCUT2D eigenvalue weighted by atomic mass is 10.0. The van der Waals surface area contributed by atoms with Gasteiger partial charge in [-0.3, -0.25) is 4.99 Å². The lowest BCUT2D eigenvalue weighted by Crippen LogP contribution is -2.39. The highest BCUT2D eigenvalue weighted by molar-refractivity contribution is 7.13. The summed E-state index contributed by atoms with van der Waals surface area (Å²) >= 11 is 1.38. The van der Waals surface area contributed by atoms with E-state index < -0.39 is 0 Å². The molecule has 0 spiro atoms. The van der Waals surface area contributed by atoms with E-state index in [0.717, 1.165) is 29.9 Å². The second-order valence-corrected chi connectivity index (χ2v) is 8.84. The number of piperidine rings is 1. The summed E-state index contributed by atoms with van der Waals surface area (Å²) in [7, 11) is 1.77. The molecule has 1 fully saturated rings. The molecule has 2 atom stereocenters. The van der Waals surface area contributed by atoms with Gasteiger partial charge in [0, 0.05) is 20.1 Å². The predicted molar refractivity (Wildman–Crippen MR) is 120 cm³/mol. The highest BCUT2D eigenvalue weighted by atomic mass is 32.1. The molecule has 1 saturated heterocycles. The van der Waals surface area contributed by atoms with E-state index in [9.17, 15) is 4.79 Å². The van der Waals surface area contributed by atoms with Crippen LogP contribution in [0, 0.1) is 12.8 Å². The van der Waals surface area contributed by atoms with Gasteiger partial charge in [0.05, 0.1) is 18.3 Å². The summed E-state index contributed by atoms with van der Waals surface area (Å²) in [5.74, 6) is 1.30. The third kappa shape index (κ3) is 7.59. The molecule has 1 aromatic rings. The van der Waals surface area contributed by atoms with Crippen molar-refractivity contribution in [2.45, 2.75) is 59.4 Å². The maximum Gasteiger partial charge on any atom is 0.350 e. The van der Waals surface area contributed by atoms with Crippen LogP contribution in [0.3, 0.4) is 0 Å². The Kier molecular flexibility index (Phi) is 9.87. The number of ether oxygens (including phenoxy) is 1. The van der Waals surface area contributed by atoms with Crippen LogP contribution in [0.1, 0.15) is 72.9 Å². The first-order valence-corrected chi connectivity index (χ1v) is 11.6. The van der Waals surface area contributed by atoms with Crippen LogP contribution < -0.4 is 10.6 Å². The second kappa shape index (κ2) is 12.1. The standard InChI is InChI=1S/C21H37N5O2S/c1-6-28-20(27)18-16(3)24-19(29-18)17(4)25-21(22-5)23-11-7-8-12-26-13-9-10-15(2)14-26/h15,17H,6-14H2,1-5H3,(H2,22,23,25). The first-order chi connectivity index (χ1) is 13.9. The van der Waals surface area contributed by atoms with Crippen LogP contribution in [0.4, 0.5) is 0 Å². The lowest BCUT2D eigenvalue weighted by Gasteiger charge is -2.30. The lowest BCUT2D eigenvalue weighted by molar-refractivity contribution is 0.0531. The molecular weight excluding hydrogens is 386 g/mol. The molecule has 2 N–H and O–H groups in total. The number of nitrogens with zero attached hydrogens (tertiary/aromatic N) is 3. The number of aliphatic imine (C=N–C) groups is 1. The van der Waals surface area contributed by atoms with E-state index in [-0.39, 0.29) is 12.0 Å². The highest BCUT2D eigenvalue weighted by Crippen LogP contribution is 2.24. The Balaban J connectivity index is 1.73. The van der Waals surface area contributed by atoms with Crippen molar-refractivity contribution in [3.63, 3.8) is 0 Å². The van der Waals surface area contributed by atoms with Gasteiger partial charge in [0.15, 0.2) is 5.96 Å². The van der Waals surface area contributed by atoms with Gasteiger partial charge in [-0.15, -0.1) is 11.3 Å². The fraction of sp³-hybridized carbons (Fsp3) is 0.762. The summed E-state index contributed by atoms with van der Waals surface area (Å²) in [6.45, 7) is 13.0. The molecule has 1 aliphatic rings. The number of likely N-dealkylation sites (tertiary alicyclic amines) is 1. The van der Waals surface area contributed by atoms with Gasteiger partial charge in [0.25, 0.3) is 0 Å². The van der Waals surface area contributed by atoms with Crippen molar-refractivity contribution < 1.29 is 9.53 Å². The molecule has 29 heavy (non-hydrogen) atoms. The normalized spacial score (nSPS) is 19.1. The van der Waals surface area contributed by atoms with Crippen LogP contribution in [-0.4, -0.2) is 61.6 Å². The fourth-order valence-corrected chi connectivity index (χ4v) is 4.57. The van der Waals surface area contributed by atoms with Crippen LogP contribution in [0.15, 0.2) is 4.99 Å². The van der Waals surface area contributed by atoms with E-state index in [4.69, 9.17) is 4.74 Å². The van der Waals surface area contributed by atoms with Crippen LogP contribution in [0.25, 0.3) is 0 Å². The molecule has 0 amide bonds. The molecule has 0 bridgehead atoms. The molecule has 0 radical (unpaired) electrons. The zero-order valence-corrected chi connectivity index (χ0v) is 19.4. The molecule has 0 aromatic carbocycles. The summed E-state index contributed by atoms with van der Waals surface area (Å²) in [5, 5.41) is 7.61. The number of carbonyl (C=O) groups is 1. The first-order valence-electron chi connectivity index (χ1n) is 10.8. The van der Waals surface area contributed by atoms with E-state index in [1.807, 2.05) is 20.8 Å². The Morgan fingerprint density at radius 1 is 1.45 bits per heavy atom. The molecule has 164 valence electrons. The van der Waals surface area contributed by atoms with Crippen LogP contribution >= 0.6 is 11.3 Å². The van der Waals surface area contributed by atoms with Crippen molar-refractivity contribution in [1.82, 2.24) is 20.5 Å². The minimum Gasteiger partial charge on any atom is -0.462 e. The van der Waals surface area contributed by atoms with Gasteiger partial charge in [-0.25, -0.2) is 9.78 Å². The molecule has 2 unspecified atom stereocenters. The number of unbranched alkanes of at least 4 members (excludes halogenated alkanes) is 1. The summed E-state index contributed by atoms with van der Waals surface area (Å²) in [4.78, 5) is 24.0. The van der Waals surface area contributed by atoms with E-state index in [1.165, 1.54) is 50.2 Å². The van der Waals surface area contributed by atoms with Crippen LogP contribution in [-0.2, 0) is 4.74 Å². The number of nitrogens with one attached hydrogen (secondary N) is 2. The van der Waals surface area contributed by atoms with Crippen molar-refractivity contribution in [2.24, 2.45) is 10.9 Å². The number of esters is 1. The van der Waals surface area contributed by atoms with E-state index in [1.54, 1.807) is 7.05 Å². The molecule has 0 aliphatic carbocycles. The number of hydrogen-bond acceptors (Lipinski definition) is 6. The summed E-state index contributed by atoms with van der Waals surface area (Å²) in [5.41, 5.74) is 0.715. The monoisotopic (exact) mass is 423 g/mol. The molecule has 8 heteroatoms. The quantitative estimate of drug-likeness (QED) is 0.274. The molecule has 2 rings (SSSR count). The van der Waals surface area contributed by atoms with E-state index >= 15 is 0 Å². The van der Waals surface area contributed by atoms with Gasteiger partial charge >= 0.3 is 5.97 Å². The predicted octanol–water partition coefficient (Wildman–Crippen LogP) is 3.37. The average molecular weight is 424 g/mol. The third-order valence-electron chi connectivity index (χ3n) is 5.16. The average Bonchev–Trinajstić information content (AvgIpc) is 3.09. The number of aryl methyl sites for hydroxylation is 1. The van der Waals surface area contributed by atoms with Gasteiger partial charge in [-0.05, 0) is 65.5 Å². The van der Waals surface area contributed by atoms with Crippen molar-refractivity contribution in [1.29, 1.82) is 0 Å². The number of hydrogen-bond donors (Lipinski definition) is 2. The summed E-state index contributed by atoms with van der Waals surface area (Å²) < 4.78 is 5.10. The number of carbonyl (C=O) groups excluding carboxylic acids is 1. The third-order valence-corrected chi connectivity index (χ3v) is 6.48. The van der Waals surface area contributed by atoms with Gasteiger partial charge < -0.3 is 20.3 Å². The molecule has 7 nitrogen and oxygen atoms in total. The van der Waals surface area contributed by atoms with Crippen molar-refractivity contribution in [2.75, 3.05) is 39.8 Å². The SMILES string of the molecule is CCOC(=O)c1sc(C(C)NC(=NC)NCCCCN2CCCC(C)C2)nc1C. The Morgan fingerprint density at radius 3 is 2.93 bits per heavy atom. The van der Waals surface area contributed by atoms with Gasteiger partial charge in [-0.1, -0.05) is 6.92 Å². The Bertz CT molecular complexity index is 676. The zero-order chi connectivity index (χ0) is 21.2. The molecule has 1 aromatic heterocycles. The molecule has 0 saturated carbocycles. The fourth-order valence-electron chi connectivity index (χ4n) is 3.61. The van der Waals surface area contributed by atoms with E-state index in [2.05, 4.69) is 32.4 Å². The summed E-state index contributed by atoms with van der Waals surface area (Å²) in [6.07, 6.45) is 5.02. The second-order valence-electron chi connectivity index (χ2n) is 7.81. The molecule has 1 aliphatic heterocycles. The first kappa shape index (κ1) is 23.6. The maximum absolute atomic E-state index is 12.0. The smallest absolute Gasteiger partial charge is 0.350 e. The molecular formula is C21H37N5O2S. The Labute approximate surface area is 179 Å². The van der Waals surface area contributed by atoms with Crippen LogP contribution in [0.5, 0.6) is 0 Å². The van der Waals surface area contributed by atoms with Gasteiger partial charge in [-0.2, -0.15) is 0 Å². The van der Waals surface area contributed by atoms with Crippen molar-refractivity contribution >= 4 is 23.3 Å². The largest absolute Gasteiger partial charge is 0.462 e. The topological polar surface area (TPSA) is 78.8 Å². The van der Waals surface area contributed by atoms with Gasteiger partial charge in [0.2, 0.25) is 0 Å². The number of rotatable bonds is 9. The number of guanidine groups is 1. The van der Waals surface area contributed by atoms with Crippen molar-refractivity contribution in [3.8, 4) is 0 Å². The van der Waals surface area contributed by atoms with Crippen LogP contribution in [0.2, 0.25) is 0 Å². The number of aromatic nitrogens is 1. The Morgan fingerprint density at radius 2 is 2.24 bits per heavy atom. The highest BCUT2D eigenvalue weighted by Gasteiger charge is 2.20. The molecule has 2 heterocycles. The Hall–Kier alpha value is -1.67.